The highest BCUT2D eigenvalue weighted by atomic mass is 32.2. The van der Waals surface area contributed by atoms with E-state index in [4.69, 9.17) is 5.73 Å². The van der Waals surface area contributed by atoms with Gasteiger partial charge in [0, 0.05) is 30.1 Å². The minimum Gasteiger partial charge on any atom is -0.324 e. The molecule has 1 aromatic rings. The Hall–Kier alpha value is -0.580. The van der Waals surface area contributed by atoms with E-state index >= 15 is 0 Å². The lowest BCUT2D eigenvalue weighted by molar-refractivity contribution is 0.437. The van der Waals surface area contributed by atoms with Crippen LogP contribution in [0.15, 0.2) is 23.4 Å². The zero-order valence-corrected chi connectivity index (χ0v) is 10.4. The van der Waals surface area contributed by atoms with Crippen molar-refractivity contribution in [1.29, 1.82) is 0 Å². The molecule has 0 aliphatic carbocycles. The average molecular weight is 225 g/mol. The molecule has 15 heavy (non-hydrogen) atoms. The maximum Gasteiger partial charge on any atom is 0.101 e. The Morgan fingerprint density at radius 1 is 1.53 bits per heavy atom. The van der Waals surface area contributed by atoms with Crippen LogP contribution in [0.1, 0.15) is 18.5 Å². The standard InChI is InChI=1S/C11H19N3S/c1-9(12)10-5-4-6-13-11(10)15-8-7-14(2)3/h4-6,9H,7-8,12H2,1-3H3/t9-/m1/s1. The molecule has 1 aromatic heterocycles. The fourth-order valence-corrected chi connectivity index (χ4v) is 2.40. The number of pyridine rings is 1. The molecule has 3 nitrogen and oxygen atoms in total. The molecule has 0 unspecified atom stereocenters. The van der Waals surface area contributed by atoms with Gasteiger partial charge >= 0.3 is 0 Å². The Kier molecular flexibility index (Phi) is 5.08. The summed E-state index contributed by atoms with van der Waals surface area (Å²) >= 11 is 1.77. The Morgan fingerprint density at radius 2 is 2.27 bits per heavy atom. The van der Waals surface area contributed by atoms with E-state index in [0.717, 1.165) is 22.9 Å². The Morgan fingerprint density at radius 3 is 2.87 bits per heavy atom. The fourth-order valence-electron chi connectivity index (χ4n) is 1.20. The van der Waals surface area contributed by atoms with Crippen molar-refractivity contribution >= 4 is 11.8 Å². The van der Waals surface area contributed by atoms with E-state index in [2.05, 4.69) is 30.0 Å². The van der Waals surface area contributed by atoms with Crippen molar-refractivity contribution in [2.75, 3.05) is 26.4 Å². The van der Waals surface area contributed by atoms with E-state index in [0.29, 0.717) is 0 Å². The lowest BCUT2D eigenvalue weighted by atomic mass is 10.2. The highest BCUT2D eigenvalue weighted by Crippen LogP contribution is 2.23. The van der Waals surface area contributed by atoms with Gasteiger partial charge in [-0.2, -0.15) is 0 Å². The van der Waals surface area contributed by atoms with Crippen molar-refractivity contribution in [1.82, 2.24) is 9.88 Å². The molecule has 0 aliphatic rings. The number of hydrogen-bond acceptors (Lipinski definition) is 4. The Labute approximate surface area is 96.1 Å². The third-order valence-corrected chi connectivity index (χ3v) is 3.07. The third kappa shape index (κ3) is 4.20. The SMILES string of the molecule is C[C@@H](N)c1cccnc1SCCN(C)C. The fraction of sp³-hybridized carbons (Fsp3) is 0.545. The summed E-state index contributed by atoms with van der Waals surface area (Å²) in [7, 11) is 4.15. The number of hydrogen-bond donors (Lipinski definition) is 1. The Balaban J connectivity index is 2.59. The molecule has 0 saturated carbocycles. The molecule has 0 saturated heterocycles. The van der Waals surface area contributed by atoms with Crippen LogP contribution >= 0.6 is 11.8 Å². The van der Waals surface area contributed by atoms with Crippen molar-refractivity contribution in [3.8, 4) is 0 Å². The van der Waals surface area contributed by atoms with Crippen LogP contribution in [-0.4, -0.2) is 36.3 Å². The quantitative estimate of drug-likeness (QED) is 0.775. The Bertz CT molecular complexity index is 300. The van der Waals surface area contributed by atoms with Crippen molar-refractivity contribution in [3.05, 3.63) is 23.9 Å². The second-order valence-electron chi connectivity index (χ2n) is 3.84. The van der Waals surface area contributed by atoms with Crippen molar-refractivity contribution in [3.63, 3.8) is 0 Å². The van der Waals surface area contributed by atoms with E-state index in [9.17, 15) is 0 Å². The molecule has 0 bridgehead atoms. The highest BCUT2D eigenvalue weighted by Gasteiger charge is 2.07. The van der Waals surface area contributed by atoms with Gasteiger partial charge in [-0.05, 0) is 27.1 Å². The van der Waals surface area contributed by atoms with Gasteiger partial charge in [-0.15, -0.1) is 11.8 Å². The molecule has 0 aliphatic heterocycles. The maximum atomic E-state index is 5.88. The van der Waals surface area contributed by atoms with Gasteiger partial charge in [0.2, 0.25) is 0 Å². The summed E-state index contributed by atoms with van der Waals surface area (Å²) < 4.78 is 0. The second-order valence-corrected chi connectivity index (χ2v) is 4.92. The minimum absolute atomic E-state index is 0.0561. The molecule has 84 valence electrons. The molecule has 1 atom stereocenters. The predicted octanol–water partition coefficient (Wildman–Crippen LogP) is 1.76. The van der Waals surface area contributed by atoms with Crippen LogP contribution in [0.25, 0.3) is 0 Å². The molecule has 0 fully saturated rings. The number of rotatable bonds is 5. The first-order valence-electron chi connectivity index (χ1n) is 5.09. The normalized spacial score (nSPS) is 13.1. The summed E-state index contributed by atoms with van der Waals surface area (Å²) in [5.74, 6) is 1.05. The van der Waals surface area contributed by atoms with E-state index in [-0.39, 0.29) is 6.04 Å². The first kappa shape index (κ1) is 12.5. The van der Waals surface area contributed by atoms with E-state index < -0.39 is 0 Å². The van der Waals surface area contributed by atoms with Crippen LogP contribution in [0.3, 0.4) is 0 Å². The second kappa shape index (κ2) is 6.10. The van der Waals surface area contributed by atoms with Gasteiger partial charge in [-0.25, -0.2) is 4.98 Å². The lowest BCUT2D eigenvalue weighted by Crippen LogP contribution is -2.15. The minimum atomic E-state index is 0.0561. The molecule has 0 radical (unpaired) electrons. The zero-order valence-electron chi connectivity index (χ0n) is 9.60. The topological polar surface area (TPSA) is 42.1 Å². The van der Waals surface area contributed by atoms with Crippen LogP contribution < -0.4 is 5.73 Å². The first-order chi connectivity index (χ1) is 7.11. The number of thioether (sulfide) groups is 1. The van der Waals surface area contributed by atoms with Crippen molar-refractivity contribution in [2.24, 2.45) is 5.73 Å². The summed E-state index contributed by atoms with van der Waals surface area (Å²) in [5.41, 5.74) is 7.02. The van der Waals surface area contributed by atoms with Crippen molar-refractivity contribution < 1.29 is 0 Å². The van der Waals surface area contributed by atoms with Crippen molar-refractivity contribution in [2.45, 2.75) is 18.0 Å². The highest BCUT2D eigenvalue weighted by molar-refractivity contribution is 7.99. The van der Waals surface area contributed by atoms with Gasteiger partial charge in [0.25, 0.3) is 0 Å². The zero-order chi connectivity index (χ0) is 11.3. The van der Waals surface area contributed by atoms with Crippen LogP contribution in [0, 0.1) is 0 Å². The van der Waals surface area contributed by atoms with E-state index in [1.165, 1.54) is 0 Å². The molecule has 1 rings (SSSR count). The summed E-state index contributed by atoms with van der Waals surface area (Å²) in [6.45, 7) is 3.05. The number of aromatic nitrogens is 1. The monoisotopic (exact) mass is 225 g/mol. The molecular weight excluding hydrogens is 206 g/mol. The first-order valence-corrected chi connectivity index (χ1v) is 6.08. The smallest absolute Gasteiger partial charge is 0.101 e. The van der Waals surface area contributed by atoms with Crippen LogP contribution in [0.5, 0.6) is 0 Å². The van der Waals surface area contributed by atoms with Gasteiger partial charge in [0.15, 0.2) is 0 Å². The lowest BCUT2D eigenvalue weighted by Gasteiger charge is -2.12. The predicted molar refractivity (Wildman–Crippen MR) is 66.1 cm³/mol. The molecule has 0 spiro atoms. The van der Waals surface area contributed by atoms with Gasteiger partial charge in [-0.1, -0.05) is 6.07 Å². The summed E-state index contributed by atoms with van der Waals surface area (Å²) in [5, 5.41) is 1.06. The summed E-state index contributed by atoms with van der Waals surface area (Å²) in [6.07, 6.45) is 1.82. The van der Waals surface area contributed by atoms with Gasteiger partial charge in [0.1, 0.15) is 5.03 Å². The average Bonchev–Trinajstić information content (AvgIpc) is 2.17. The molecule has 2 N–H and O–H groups in total. The van der Waals surface area contributed by atoms with Gasteiger partial charge in [0.05, 0.1) is 0 Å². The van der Waals surface area contributed by atoms with Crippen LogP contribution in [-0.2, 0) is 0 Å². The largest absolute Gasteiger partial charge is 0.324 e. The summed E-state index contributed by atoms with van der Waals surface area (Å²) in [6, 6.07) is 4.05. The van der Waals surface area contributed by atoms with E-state index in [1.807, 2.05) is 19.2 Å². The van der Waals surface area contributed by atoms with Crippen LogP contribution in [0.4, 0.5) is 0 Å². The van der Waals surface area contributed by atoms with Gasteiger partial charge < -0.3 is 10.6 Å². The molecule has 4 heteroatoms. The third-order valence-electron chi connectivity index (χ3n) is 2.07. The summed E-state index contributed by atoms with van der Waals surface area (Å²) in [4.78, 5) is 6.53. The molecular formula is C11H19N3S. The molecule has 1 heterocycles. The van der Waals surface area contributed by atoms with Crippen LogP contribution in [0.2, 0.25) is 0 Å². The van der Waals surface area contributed by atoms with E-state index in [1.54, 1.807) is 11.8 Å². The van der Waals surface area contributed by atoms with Gasteiger partial charge in [-0.3, -0.25) is 0 Å². The number of nitrogens with two attached hydrogens (primary N) is 1. The maximum absolute atomic E-state index is 5.88. The molecule has 0 amide bonds. The molecule has 0 aromatic carbocycles. The number of nitrogens with zero attached hydrogens (tertiary/aromatic N) is 2.